The summed E-state index contributed by atoms with van der Waals surface area (Å²) in [6, 6.07) is 24.4. The van der Waals surface area contributed by atoms with Gasteiger partial charge in [0.05, 0.1) is 0 Å². The molecule has 0 saturated carbocycles. The van der Waals surface area contributed by atoms with Crippen LogP contribution in [0, 0.1) is 0 Å². The summed E-state index contributed by atoms with van der Waals surface area (Å²) < 4.78 is 15.6. The van der Waals surface area contributed by atoms with Gasteiger partial charge in [0, 0.05) is 0 Å². The molecule has 0 heterocycles. The normalized spacial score (nSPS) is 13.1. The molecule has 1 unspecified atom stereocenters. The van der Waals surface area contributed by atoms with E-state index in [1.165, 1.54) is 0 Å². The van der Waals surface area contributed by atoms with Gasteiger partial charge in [-0.1, -0.05) is 0 Å². The SMILES string of the molecule is O=C([O][Ga]([O]C(=O)[C@@H]([OH2+])c1ccccc1)[O]C(=O)[C@@H]([OH2+])c1ccccc1)C([OH2+])c1ccccc1. The number of hydrogen-bond acceptors (Lipinski definition) is 6. The van der Waals surface area contributed by atoms with Crippen LogP contribution < -0.4 is 0 Å². The van der Waals surface area contributed by atoms with Gasteiger partial charge in [-0.25, -0.2) is 0 Å². The zero-order valence-electron chi connectivity index (χ0n) is 17.9. The zero-order valence-corrected chi connectivity index (χ0v) is 20.3. The van der Waals surface area contributed by atoms with Crippen LogP contribution in [-0.2, 0) is 25.0 Å². The Balaban J connectivity index is 1.75. The van der Waals surface area contributed by atoms with Crippen molar-refractivity contribution in [1.82, 2.24) is 0 Å². The minimum atomic E-state index is -4.45. The van der Waals surface area contributed by atoms with Crippen LogP contribution in [0.1, 0.15) is 35.0 Å². The maximum atomic E-state index is 12.6. The van der Waals surface area contributed by atoms with E-state index in [1.807, 2.05) is 0 Å². The summed E-state index contributed by atoms with van der Waals surface area (Å²) in [7, 11) is 0. The third kappa shape index (κ3) is 6.79. The molecule has 0 fully saturated rings. The van der Waals surface area contributed by atoms with Gasteiger partial charge in [0.25, 0.3) is 0 Å². The number of hydrogen-bond donors (Lipinski definition) is 0. The van der Waals surface area contributed by atoms with Crippen molar-refractivity contribution in [2.24, 2.45) is 0 Å². The molecular weight excluding hydrogens is 502 g/mol. The topological polar surface area (TPSA) is 148 Å². The summed E-state index contributed by atoms with van der Waals surface area (Å²) in [5.74, 6) is -3.17. The number of carbonyl (C=O) groups is 3. The molecule has 0 radical (unpaired) electrons. The van der Waals surface area contributed by atoms with E-state index in [0.29, 0.717) is 16.7 Å². The molecule has 3 aromatic rings. The summed E-state index contributed by atoms with van der Waals surface area (Å²) in [4.78, 5) is 37.7. The fraction of sp³-hybridized carbons (Fsp3) is 0.125. The van der Waals surface area contributed by atoms with Crippen LogP contribution in [0.15, 0.2) is 91.0 Å². The quantitative estimate of drug-likeness (QED) is 0.300. The summed E-state index contributed by atoms with van der Waals surface area (Å²) >= 11 is -4.45. The van der Waals surface area contributed by atoms with Gasteiger partial charge >= 0.3 is 202 Å². The molecule has 0 aromatic heterocycles. The van der Waals surface area contributed by atoms with Crippen LogP contribution in [0.25, 0.3) is 0 Å². The van der Waals surface area contributed by atoms with Crippen molar-refractivity contribution in [2.75, 3.05) is 0 Å². The van der Waals surface area contributed by atoms with Crippen LogP contribution in [0.5, 0.6) is 0 Å². The Labute approximate surface area is 201 Å². The molecule has 3 aromatic carbocycles. The molecule has 0 aliphatic carbocycles. The molecule has 0 bridgehead atoms. The molecule has 34 heavy (non-hydrogen) atoms. The zero-order chi connectivity index (χ0) is 24.5. The Morgan fingerprint density at radius 1 is 0.500 bits per heavy atom. The molecule has 0 saturated heterocycles. The molecule has 0 spiro atoms. The van der Waals surface area contributed by atoms with Crippen molar-refractivity contribution in [1.29, 1.82) is 0 Å². The van der Waals surface area contributed by atoms with Crippen molar-refractivity contribution >= 4 is 35.2 Å². The van der Waals surface area contributed by atoms with Crippen LogP contribution in [-0.4, -0.2) is 50.5 Å². The first kappa shape index (κ1) is 25.2. The maximum absolute atomic E-state index is 12.6. The Kier molecular flexibility index (Phi) is 9.02. The Bertz CT molecular complexity index is 952. The molecule has 0 amide bonds. The standard InChI is InChI=1S/3C8H8O3.Ga/c3*9-7(8(10)11)6-4-2-1-3-5-6;/h3*1-5,7,9H,(H,10,11);/q;;;+3/t2*7-;;/m00../s1. The summed E-state index contributed by atoms with van der Waals surface area (Å²) in [5, 5.41) is 24.3. The first-order valence-corrected chi connectivity index (χ1v) is 13.2. The van der Waals surface area contributed by atoms with Gasteiger partial charge in [0.2, 0.25) is 0 Å². The van der Waals surface area contributed by atoms with E-state index >= 15 is 0 Å². The second kappa shape index (κ2) is 12.2. The molecule has 3 atom stereocenters. The van der Waals surface area contributed by atoms with Gasteiger partial charge in [-0.2, -0.15) is 0 Å². The van der Waals surface area contributed by atoms with E-state index in [4.69, 9.17) is 25.9 Å². The molecule has 0 aliphatic heterocycles. The average molecular weight is 526 g/mol. The summed E-state index contributed by atoms with van der Waals surface area (Å²) in [6.45, 7) is 0. The Morgan fingerprint density at radius 3 is 0.971 bits per heavy atom. The van der Waals surface area contributed by atoms with Gasteiger partial charge in [0.1, 0.15) is 0 Å². The van der Waals surface area contributed by atoms with Gasteiger partial charge in [-0.15, -0.1) is 0 Å². The van der Waals surface area contributed by atoms with Crippen molar-refractivity contribution in [3.8, 4) is 0 Å². The minimum absolute atomic E-state index is 0.344. The molecule has 3 rings (SSSR count). The monoisotopic (exact) mass is 525 g/mol. The van der Waals surface area contributed by atoms with Crippen molar-refractivity contribution < 1.29 is 40.3 Å². The van der Waals surface area contributed by atoms with Gasteiger partial charge < -0.3 is 0 Å². The van der Waals surface area contributed by atoms with E-state index in [1.54, 1.807) is 91.0 Å². The molecule has 9 nitrogen and oxygen atoms in total. The fourth-order valence-electron chi connectivity index (χ4n) is 2.91. The van der Waals surface area contributed by atoms with Crippen molar-refractivity contribution in [3.05, 3.63) is 108 Å². The van der Waals surface area contributed by atoms with Gasteiger partial charge in [0.15, 0.2) is 0 Å². The fourth-order valence-corrected chi connectivity index (χ4v) is 5.26. The first-order valence-electron chi connectivity index (χ1n) is 10.3. The second-order valence-electron chi connectivity index (χ2n) is 7.13. The predicted molar refractivity (Wildman–Crippen MR) is 122 cm³/mol. The van der Waals surface area contributed by atoms with E-state index in [9.17, 15) is 14.4 Å². The Morgan fingerprint density at radius 2 is 0.735 bits per heavy atom. The Hall–Kier alpha value is -3.41. The van der Waals surface area contributed by atoms with Crippen LogP contribution in [0.4, 0.5) is 0 Å². The van der Waals surface area contributed by atoms with Gasteiger partial charge in [-0.3, -0.25) is 0 Å². The molecule has 0 aliphatic rings. The summed E-state index contributed by atoms with van der Waals surface area (Å²) in [6.07, 6.45) is -4.35. The first-order chi connectivity index (χ1) is 16.4. The predicted octanol–water partition coefficient (Wildman–Crippen LogP) is 0.999. The van der Waals surface area contributed by atoms with Gasteiger partial charge in [-0.05, 0) is 0 Å². The molecular formula is C24H24GaO9+3. The van der Waals surface area contributed by atoms with Crippen LogP contribution >= 0.6 is 0 Å². The number of carbonyl (C=O) groups excluding carboxylic acids is 3. The number of benzene rings is 3. The van der Waals surface area contributed by atoms with E-state index in [-0.39, 0.29) is 0 Å². The summed E-state index contributed by atoms with van der Waals surface area (Å²) in [5.41, 5.74) is 1.03. The molecule has 6 N–H and O–H groups in total. The third-order valence-electron chi connectivity index (χ3n) is 4.74. The second-order valence-corrected chi connectivity index (χ2v) is 9.83. The average Bonchev–Trinajstić information content (AvgIpc) is 2.88. The number of rotatable bonds is 9. The van der Waals surface area contributed by atoms with Crippen molar-refractivity contribution in [3.63, 3.8) is 0 Å². The molecule has 174 valence electrons. The van der Waals surface area contributed by atoms with E-state index in [2.05, 4.69) is 0 Å². The van der Waals surface area contributed by atoms with Crippen LogP contribution in [0.2, 0.25) is 0 Å². The van der Waals surface area contributed by atoms with E-state index in [0.717, 1.165) is 0 Å². The van der Waals surface area contributed by atoms with Crippen molar-refractivity contribution in [2.45, 2.75) is 18.3 Å². The van der Waals surface area contributed by atoms with E-state index < -0.39 is 53.5 Å². The van der Waals surface area contributed by atoms with Crippen LogP contribution in [0.3, 0.4) is 0 Å². The third-order valence-corrected chi connectivity index (χ3v) is 7.42. The molecule has 10 heteroatoms.